The number of carbonyl (C=O) groups excluding carboxylic acids is 1. The number of aryl methyl sites for hydroxylation is 1. The average molecular weight is 289 g/mol. The van der Waals surface area contributed by atoms with Gasteiger partial charge in [0.2, 0.25) is 0 Å². The highest BCUT2D eigenvalue weighted by Crippen LogP contribution is 2.19. The highest BCUT2D eigenvalue weighted by molar-refractivity contribution is 5.99. The Labute approximate surface area is 127 Å². The van der Waals surface area contributed by atoms with Crippen LogP contribution >= 0.6 is 0 Å². The monoisotopic (exact) mass is 289 g/mol. The molecule has 1 heterocycles. The molecular formula is C17H27N3O. The van der Waals surface area contributed by atoms with E-state index in [1.165, 1.54) is 6.42 Å². The lowest BCUT2D eigenvalue weighted by atomic mass is 10.1. The van der Waals surface area contributed by atoms with Crippen molar-refractivity contribution in [1.82, 2.24) is 10.2 Å². The number of nitrogens with zero attached hydrogens (tertiary/aromatic N) is 1. The van der Waals surface area contributed by atoms with Gasteiger partial charge in [-0.3, -0.25) is 4.79 Å². The Balaban J connectivity index is 1.92. The summed E-state index contributed by atoms with van der Waals surface area (Å²) in [6, 6.07) is 6.51. The summed E-state index contributed by atoms with van der Waals surface area (Å²) in [5.74, 6) is 0.588. The molecule has 1 amide bonds. The highest BCUT2D eigenvalue weighted by atomic mass is 16.1. The Morgan fingerprint density at radius 3 is 2.81 bits per heavy atom. The van der Waals surface area contributed by atoms with Gasteiger partial charge >= 0.3 is 0 Å². The van der Waals surface area contributed by atoms with Gasteiger partial charge < -0.3 is 15.5 Å². The normalized spacial score (nSPS) is 19.0. The van der Waals surface area contributed by atoms with Gasteiger partial charge in [0.05, 0.1) is 5.56 Å². The van der Waals surface area contributed by atoms with Crippen molar-refractivity contribution in [2.45, 2.75) is 33.2 Å². The molecule has 1 aliphatic rings. The number of likely N-dealkylation sites (tertiary alicyclic amines) is 1. The van der Waals surface area contributed by atoms with Crippen LogP contribution in [0.2, 0.25) is 0 Å². The predicted octanol–water partition coefficient (Wildman–Crippen LogP) is 2.50. The second-order valence-electron chi connectivity index (χ2n) is 6.25. The number of nitrogens with one attached hydrogen (secondary N) is 2. The van der Waals surface area contributed by atoms with Crippen LogP contribution in [0.4, 0.5) is 5.69 Å². The molecule has 116 valence electrons. The summed E-state index contributed by atoms with van der Waals surface area (Å²) in [7, 11) is 1.85. The number of hydrogen-bond donors (Lipinski definition) is 2. The first-order valence-electron chi connectivity index (χ1n) is 7.82. The molecule has 1 aromatic carbocycles. The molecule has 1 saturated heterocycles. The number of hydrogen-bond acceptors (Lipinski definition) is 3. The van der Waals surface area contributed by atoms with E-state index >= 15 is 0 Å². The van der Waals surface area contributed by atoms with Gasteiger partial charge in [-0.15, -0.1) is 0 Å². The van der Waals surface area contributed by atoms with Crippen molar-refractivity contribution in [3.05, 3.63) is 29.3 Å². The molecule has 0 saturated carbocycles. The maximum Gasteiger partial charge on any atom is 0.253 e. The quantitative estimate of drug-likeness (QED) is 0.875. The predicted molar refractivity (Wildman–Crippen MR) is 87.9 cm³/mol. The molecule has 1 fully saturated rings. The van der Waals surface area contributed by atoms with Crippen LogP contribution < -0.4 is 10.6 Å². The summed E-state index contributed by atoms with van der Waals surface area (Å²) < 4.78 is 0. The molecule has 1 unspecified atom stereocenters. The molecule has 0 bridgehead atoms. The lowest BCUT2D eigenvalue weighted by Gasteiger charge is -2.20. The molecule has 0 aliphatic carbocycles. The lowest BCUT2D eigenvalue weighted by Crippen LogP contribution is -2.33. The zero-order valence-electron chi connectivity index (χ0n) is 13.6. The fourth-order valence-electron chi connectivity index (χ4n) is 2.89. The van der Waals surface area contributed by atoms with E-state index in [0.717, 1.165) is 36.4 Å². The fraction of sp³-hybridized carbons (Fsp3) is 0.588. The second kappa shape index (κ2) is 6.94. The van der Waals surface area contributed by atoms with E-state index in [2.05, 4.69) is 29.4 Å². The molecule has 1 aliphatic heterocycles. The maximum atomic E-state index is 12.4. The van der Waals surface area contributed by atoms with Gasteiger partial charge in [-0.1, -0.05) is 11.6 Å². The van der Waals surface area contributed by atoms with E-state index < -0.39 is 0 Å². The number of amides is 1. The van der Waals surface area contributed by atoms with Crippen LogP contribution in [0.15, 0.2) is 18.2 Å². The van der Waals surface area contributed by atoms with Crippen molar-refractivity contribution < 1.29 is 4.79 Å². The molecule has 4 nitrogen and oxygen atoms in total. The zero-order valence-corrected chi connectivity index (χ0v) is 13.6. The summed E-state index contributed by atoms with van der Waals surface area (Å²) >= 11 is 0. The third-order valence-corrected chi connectivity index (χ3v) is 4.29. The van der Waals surface area contributed by atoms with E-state index in [1.54, 1.807) is 0 Å². The average Bonchev–Trinajstić information content (AvgIpc) is 2.94. The Morgan fingerprint density at radius 2 is 2.19 bits per heavy atom. The Bertz CT molecular complexity index is 499. The smallest absolute Gasteiger partial charge is 0.253 e. The molecule has 0 aromatic heterocycles. The minimum Gasteiger partial charge on any atom is -0.387 e. The molecule has 4 heteroatoms. The third-order valence-electron chi connectivity index (χ3n) is 4.29. The zero-order chi connectivity index (χ0) is 15.4. The molecule has 2 N–H and O–H groups in total. The van der Waals surface area contributed by atoms with Crippen LogP contribution in [-0.4, -0.2) is 43.5 Å². The maximum absolute atomic E-state index is 12.4. The largest absolute Gasteiger partial charge is 0.387 e. The van der Waals surface area contributed by atoms with Crippen molar-refractivity contribution in [2.75, 3.05) is 32.0 Å². The van der Waals surface area contributed by atoms with Gasteiger partial charge in [0, 0.05) is 31.9 Å². The molecule has 1 aromatic rings. The second-order valence-corrected chi connectivity index (χ2v) is 6.25. The molecule has 0 spiro atoms. The van der Waals surface area contributed by atoms with Crippen LogP contribution in [-0.2, 0) is 0 Å². The van der Waals surface area contributed by atoms with Crippen LogP contribution in [0.3, 0.4) is 0 Å². The first-order valence-corrected chi connectivity index (χ1v) is 7.82. The number of rotatable bonds is 5. The Kier molecular flexibility index (Phi) is 5.23. The van der Waals surface area contributed by atoms with Crippen LogP contribution in [0, 0.1) is 12.8 Å². The topological polar surface area (TPSA) is 44.4 Å². The van der Waals surface area contributed by atoms with Gasteiger partial charge in [-0.05, 0) is 51.8 Å². The summed E-state index contributed by atoms with van der Waals surface area (Å²) in [6.45, 7) is 9.46. The molecule has 2 rings (SSSR count). The van der Waals surface area contributed by atoms with Crippen molar-refractivity contribution in [3.63, 3.8) is 0 Å². The van der Waals surface area contributed by atoms with Gasteiger partial charge in [-0.2, -0.15) is 0 Å². The van der Waals surface area contributed by atoms with E-state index in [-0.39, 0.29) is 5.91 Å². The molecule has 21 heavy (non-hydrogen) atoms. The van der Waals surface area contributed by atoms with E-state index in [9.17, 15) is 4.79 Å². The highest BCUT2D eigenvalue weighted by Gasteiger charge is 2.24. The Morgan fingerprint density at radius 1 is 1.43 bits per heavy atom. The van der Waals surface area contributed by atoms with Crippen molar-refractivity contribution in [1.29, 1.82) is 0 Å². The van der Waals surface area contributed by atoms with Gasteiger partial charge in [0.1, 0.15) is 0 Å². The van der Waals surface area contributed by atoms with Gasteiger partial charge in [-0.25, -0.2) is 0 Å². The lowest BCUT2D eigenvalue weighted by molar-refractivity contribution is 0.0948. The van der Waals surface area contributed by atoms with Crippen LogP contribution in [0.25, 0.3) is 0 Å². The van der Waals surface area contributed by atoms with Crippen molar-refractivity contribution in [3.8, 4) is 0 Å². The van der Waals surface area contributed by atoms with E-state index in [1.807, 2.05) is 32.2 Å². The summed E-state index contributed by atoms with van der Waals surface area (Å²) in [4.78, 5) is 14.9. The van der Waals surface area contributed by atoms with Crippen LogP contribution in [0.5, 0.6) is 0 Å². The van der Waals surface area contributed by atoms with Gasteiger partial charge in [0.15, 0.2) is 0 Å². The third kappa shape index (κ3) is 3.97. The van der Waals surface area contributed by atoms with Crippen molar-refractivity contribution >= 4 is 11.6 Å². The molecule has 0 radical (unpaired) electrons. The first kappa shape index (κ1) is 15.8. The SMILES string of the molecule is CNc1ccc(C)cc1C(=O)NCC1CCN(C(C)C)C1. The Hall–Kier alpha value is -1.55. The molecule has 1 atom stereocenters. The summed E-state index contributed by atoms with van der Waals surface area (Å²) in [5.41, 5.74) is 2.72. The number of carbonyl (C=O) groups is 1. The summed E-state index contributed by atoms with van der Waals surface area (Å²) in [6.07, 6.45) is 1.17. The molecular weight excluding hydrogens is 262 g/mol. The minimum absolute atomic E-state index is 0.0195. The van der Waals surface area contributed by atoms with E-state index in [0.29, 0.717) is 12.0 Å². The fourth-order valence-corrected chi connectivity index (χ4v) is 2.89. The van der Waals surface area contributed by atoms with Crippen LogP contribution in [0.1, 0.15) is 36.2 Å². The minimum atomic E-state index is 0.0195. The van der Waals surface area contributed by atoms with Gasteiger partial charge in [0.25, 0.3) is 5.91 Å². The van der Waals surface area contributed by atoms with Crippen molar-refractivity contribution in [2.24, 2.45) is 5.92 Å². The number of anilines is 1. The first-order chi connectivity index (χ1) is 10.0. The summed E-state index contributed by atoms with van der Waals surface area (Å²) in [5, 5.41) is 6.18. The van der Waals surface area contributed by atoms with E-state index in [4.69, 9.17) is 0 Å². The number of benzene rings is 1. The standard InChI is InChI=1S/C17H27N3O/c1-12(2)20-8-7-14(11-20)10-19-17(21)15-9-13(3)5-6-16(15)18-4/h5-6,9,12,14,18H,7-8,10-11H2,1-4H3,(H,19,21).